The number of phenolic OH excluding ortho intramolecular Hbond substituents is 1. The molecule has 4 heteroatoms. The monoisotopic (exact) mass is 228 g/mol. The summed E-state index contributed by atoms with van der Waals surface area (Å²) in [6.07, 6.45) is 0. The molecular formula is C10H6ClFOS. The van der Waals surface area contributed by atoms with Gasteiger partial charge in [-0.3, -0.25) is 0 Å². The first kappa shape index (κ1) is 9.49. The number of thiophene rings is 1. The number of rotatable bonds is 1. The molecule has 0 unspecified atom stereocenters. The average molecular weight is 229 g/mol. The number of aromatic hydroxyl groups is 1. The Morgan fingerprint density at radius 2 is 2.07 bits per heavy atom. The molecule has 0 fully saturated rings. The van der Waals surface area contributed by atoms with Gasteiger partial charge in [0.25, 0.3) is 0 Å². The molecule has 0 saturated heterocycles. The second-order valence-corrected chi connectivity index (χ2v) is 4.09. The fourth-order valence-corrected chi connectivity index (χ4v) is 2.31. The molecule has 0 bridgehead atoms. The Bertz CT molecular complexity index is 467. The lowest BCUT2D eigenvalue weighted by atomic mass is 10.2. The Hall–Kier alpha value is -1.06. The Morgan fingerprint density at radius 1 is 1.29 bits per heavy atom. The standard InChI is InChI=1S/C10H6ClFOS/c11-7-3-4-14-10(7)6-1-2-9(13)8(12)5-6/h1-5,13H. The summed E-state index contributed by atoms with van der Waals surface area (Å²) in [5.41, 5.74) is 0.681. The van der Waals surface area contributed by atoms with E-state index < -0.39 is 5.82 Å². The number of benzene rings is 1. The Balaban J connectivity index is 2.53. The first-order valence-electron chi connectivity index (χ1n) is 3.90. The van der Waals surface area contributed by atoms with E-state index in [-0.39, 0.29) is 5.75 Å². The Labute approximate surface area is 89.4 Å². The van der Waals surface area contributed by atoms with Crippen molar-refractivity contribution in [1.82, 2.24) is 0 Å². The van der Waals surface area contributed by atoms with Crippen LogP contribution >= 0.6 is 22.9 Å². The lowest BCUT2D eigenvalue weighted by Crippen LogP contribution is -1.78. The molecule has 1 nitrogen and oxygen atoms in total. The number of phenols is 1. The van der Waals surface area contributed by atoms with E-state index in [1.807, 2.05) is 5.38 Å². The summed E-state index contributed by atoms with van der Waals surface area (Å²) in [5.74, 6) is -0.978. The van der Waals surface area contributed by atoms with Crippen molar-refractivity contribution in [1.29, 1.82) is 0 Å². The van der Waals surface area contributed by atoms with Crippen molar-refractivity contribution in [2.24, 2.45) is 0 Å². The highest BCUT2D eigenvalue weighted by Gasteiger charge is 2.07. The van der Waals surface area contributed by atoms with Crippen LogP contribution in [0.3, 0.4) is 0 Å². The third-order valence-electron chi connectivity index (χ3n) is 1.83. The summed E-state index contributed by atoms with van der Waals surface area (Å²) in [6.45, 7) is 0. The van der Waals surface area contributed by atoms with Crippen LogP contribution in [0.2, 0.25) is 5.02 Å². The fraction of sp³-hybridized carbons (Fsp3) is 0. The van der Waals surface area contributed by atoms with E-state index in [1.54, 1.807) is 12.1 Å². The molecule has 2 aromatic rings. The molecule has 2 rings (SSSR count). The van der Waals surface area contributed by atoms with Crippen molar-refractivity contribution in [3.8, 4) is 16.2 Å². The molecule has 0 atom stereocenters. The van der Waals surface area contributed by atoms with E-state index in [0.29, 0.717) is 10.6 Å². The minimum atomic E-state index is -0.632. The Morgan fingerprint density at radius 3 is 2.64 bits per heavy atom. The van der Waals surface area contributed by atoms with Gasteiger partial charge < -0.3 is 5.11 Å². The molecule has 0 aliphatic carbocycles. The highest BCUT2D eigenvalue weighted by Crippen LogP contribution is 2.34. The highest BCUT2D eigenvalue weighted by atomic mass is 35.5. The largest absolute Gasteiger partial charge is 0.505 e. The third-order valence-corrected chi connectivity index (χ3v) is 3.22. The maximum absolute atomic E-state index is 13.0. The quantitative estimate of drug-likeness (QED) is 0.785. The van der Waals surface area contributed by atoms with Crippen LogP contribution in [0.1, 0.15) is 0 Å². The molecule has 72 valence electrons. The van der Waals surface area contributed by atoms with E-state index >= 15 is 0 Å². The molecule has 0 spiro atoms. The van der Waals surface area contributed by atoms with Gasteiger partial charge in [-0.1, -0.05) is 11.6 Å². The normalized spacial score (nSPS) is 10.4. The molecule has 1 heterocycles. The molecule has 1 aromatic carbocycles. The summed E-state index contributed by atoms with van der Waals surface area (Å²) in [6, 6.07) is 5.98. The molecule has 0 amide bonds. The maximum atomic E-state index is 13.0. The van der Waals surface area contributed by atoms with Gasteiger partial charge in [-0.05, 0) is 35.2 Å². The van der Waals surface area contributed by atoms with Gasteiger partial charge in [0.2, 0.25) is 0 Å². The molecule has 1 aromatic heterocycles. The molecule has 0 aliphatic rings. The highest BCUT2D eigenvalue weighted by molar-refractivity contribution is 7.14. The van der Waals surface area contributed by atoms with E-state index in [1.165, 1.54) is 23.5 Å². The predicted octanol–water partition coefficient (Wildman–Crippen LogP) is 3.91. The second kappa shape index (κ2) is 3.59. The summed E-state index contributed by atoms with van der Waals surface area (Å²) >= 11 is 7.33. The van der Waals surface area contributed by atoms with Crippen molar-refractivity contribution >= 4 is 22.9 Å². The lowest BCUT2D eigenvalue weighted by Gasteiger charge is -2.00. The smallest absolute Gasteiger partial charge is 0.165 e. The molecular weight excluding hydrogens is 223 g/mol. The molecule has 14 heavy (non-hydrogen) atoms. The van der Waals surface area contributed by atoms with Crippen molar-refractivity contribution in [3.05, 3.63) is 40.5 Å². The van der Waals surface area contributed by atoms with Gasteiger partial charge >= 0.3 is 0 Å². The SMILES string of the molecule is Oc1ccc(-c2sccc2Cl)cc1F. The van der Waals surface area contributed by atoms with Gasteiger partial charge in [-0.25, -0.2) is 4.39 Å². The van der Waals surface area contributed by atoms with E-state index in [9.17, 15) is 4.39 Å². The average Bonchev–Trinajstić information content (AvgIpc) is 2.57. The van der Waals surface area contributed by atoms with Crippen LogP contribution in [0.5, 0.6) is 5.75 Å². The summed E-state index contributed by atoms with van der Waals surface area (Å²) in [5, 5.41) is 11.4. The number of hydrogen-bond acceptors (Lipinski definition) is 2. The van der Waals surface area contributed by atoms with Gasteiger partial charge in [-0.15, -0.1) is 11.3 Å². The van der Waals surface area contributed by atoms with E-state index in [0.717, 1.165) is 4.88 Å². The topological polar surface area (TPSA) is 20.2 Å². The van der Waals surface area contributed by atoms with Gasteiger partial charge in [0.05, 0.1) is 9.90 Å². The minimum Gasteiger partial charge on any atom is -0.505 e. The van der Waals surface area contributed by atoms with Crippen LogP contribution in [0.4, 0.5) is 4.39 Å². The molecule has 0 radical (unpaired) electrons. The molecule has 0 aliphatic heterocycles. The zero-order valence-corrected chi connectivity index (χ0v) is 8.57. The first-order valence-corrected chi connectivity index (χ1v) is 5.16. The van der Waals surface area contributed by atoms with Gasteiger partial charge in [0, 0.05) is 0 Å². The van der Waals surface area contributed by atoms with Crippen LogP contribution < -0.4 is 0 Å². The van der Waals surface area contributed by atoms with Crippen LogP contribution in [0.15, 0.2) is 29.6 Å². The van der Waals surface area contributed by atoms with Crippen LogP contribution in [-0.4, -0.2) is 5.11 Å². The van der Waals surface area contributed by atoms with Crippen LogP contribution in [-0.2, 0) is 0 Å². The van der Waals surface area contributed by atoms with Crippen LogP contribution in [0, 0.1) is 5.82 Å². The van der Waals surface area contributed by atoms with Gasteiger partial charge in [0.1, 0.15) is 0 Å². The van der Waals surface area contributed by atoms with E-state index in [2.05, 4.69) is 0 Å². The second-order valence-electron chi connectivity index (χ2n) is 2.76. The van der Waals surface area contributed by atoms with Crippen molar-refractivity contribution in [2.45, 2.75) is 0 Å². The van der Waals surface area contributed by atoms with Crippen molar-refractivity contribution < 1.29 is 9.50 Å². The van der Waals surface area contributed by atoms with E-state index in [4.69, 9.17) is 16.7 Å². The van der Waals surface area contributed by atoms with Crippen molar-refractivity contribution in [3.63, 3.8) is 0 Å². The lowest BCUT2D eigenvalue weighted by molar-refractivity contribution is 0.432. The molecule has 0 saturated carbocycles. The van der Waals surface area contributed by atoms with Crippen molar-refractivity contribution in [2.75, 3.05) is 0 Å². The number of hydrogen-bond donors (Lipinski definition) is 1. The zero-order valence-electron chi connectivity index (χ0n) is 7.00. The first-order chi connectivity index (χ1) is 6.68. The fourth-order valence-electron chi connectivity index (χ4n) is 1.15. The maximum Gasteiger partial charge on any atom is 0.165 e. The number of halogens is 2. The summed E-state index contributed by atoms with van der Waals surface area (Å²) in [7, 11) is 0. The Kier molecular flexibility index (Phi) is 2.44. The van der Waals surface area contributed by atoms with Gasteiger partial charge in [0.15, 0.2) is 11.6 Å². The summed E-state index contributed by atoms with van der Waals surface area (Å²) in [4.78, 5) is 0.811. The third kappa shape index (κ3) is 1.61. The minimum absolute atomic E-state index is 0.346. The zero-order chi connectivity index (χ0) is 10.1. The van der Waals surface area contributed by atoms with Gasteiger partial charge in [-0.2, -0.15) is 0 Å². The van der Waals surface area contributed by atoms with Crippen LogP contribution in [0.25, 0.3) is 10.4 Å². The predicted molar refractivity (Wildman–Crippen MR) is 56.4 cm³/mol. The molecule has 1 N–H and O–H groups in total. The summed E-state index contributed by atoms with van der Waals surface area (Å²) < 4.78 is 13.0.